The van der Waals surface area contributed by atoms with Gasteiger partial charge in [0.15, 0.2) is 0 Å². The fourth-order valence-electron chi connectivity index (χ4n) is 1.11. The average Bonchev–Trinajstić information content (AvgIpc) is 2.42. The Hall–Kier alpha value is -1.38. The van der Waals surface area contributed by atoms with Crippen molar-refractivity contribution in [3.8, 4) is 0 Å². The lowest BCUT2D eigenvalue weighted by Gasteiger charge is -2.14. The average molecular weight is 178 g/mol. The van der Waals surface area contributed by atoms with Crippen LogP contribution >= 0.6 is 0 Å². The summed E-state index contributed by atoms with van der Waals surface area (Å²) >= 11 is 0. The fraction of sp³-hybridized carbons (Fsp3) is 0.400. The molecule has 1 heterocycles. The molecule has 0 bridgehead atoms. The Labute approximate surface area is 78.5 Å². The van der Waals surface area contributed by atoms with Gasteiger partial charge in [0.05, 0.1) is 0 Å². The van der Waals surface area contributed by atoms with Crippen LogP contribution in [0.25, 0.3) is 0 Å². The molecular weight excluding hydrogens is 164 g/mol. The van der Waals surface area contributed by atoms with Crippen LogP contribution in [0, 0.1) is 0 Å². The van der Waals surface area contributed by atoms with Crippen LogP contribution < -0.4 is 0 Å². The molecule has 1 rings (SSSR count). The van der Waals surface area contributed by atoms with E-state index >= 15 is 0 Å². The maximum Gasteiger partial charge on any atom is 0.209 e. The first-order chi connectivity index (χ1) is 6.36. The number of carbonyl (C=O) groups excluding carboxylic acids is 1. The molecule has 0 fully saturated rings. The van der Waals surface area contributed by atoms with E-state index in [9.17, 15) is 4.79 Å². The Morgan fingerprint density at radius 1 is 1.69 bits per heavy atom. The summed E-state index contributed by atoms with van der Waals surface area (Å²) in [6.45, 7) is 3.39. The van der Waals surface area contributed by atoms with Crippen molar-refractivity contribution in [2.24, 2.45) is 4.99 Å². The van der Waals surface area contributed by atoms with Gasteiger partial charge < -0.3 is 4.90 Å². The van der Waals surface area contributed by atoms with E-state index in [1.807, 2.05) is 19.2 Å². The standard InChI is InChI=1S/C10H14N2O/c1-2-12(9-13)8-10-4-3-6-11-7-5-10/h4-7,9H,2-3,8H2,1H3. The highest BCUT2D eigenvalue weighted by atomic mass is 16.1. The van der Waals surface area contributed by atoms with E-state index < -0.39 is 0 Å². The molecule has 1 amide bonds. The summed E-state index contributed by atoms with van der Waals surface area (Å²) in [7, 11) is 0. The summed E-state index contributed by atoms with van der Waals surface area (Å²) in [5.74, 6) is 0. The van der Waals surface area contributed by atoms with Gasteiger partial charge in [0.1, 0.15) is 0 Å². The highest BCUT2D eigenvalue weighted by Crippen LogP contribution is 2.04. The van der Waals surface area contributed by atoms with Crippen LogP contribution in [0.15, 0.2) is 28.9 Å². The van der Waals surface area contributed by atoms with Crippen molar-refractivity contribution in [2.75, 3.05) is 13.1 Å². The van der Waals surface area contributed by atoms with Crippen LogP contribution in [0.3, 0.4) is 0 Å². The minimum atomic E-state index is 0.680. The molecule has 3 nitrogen and oxygen atoms in total. The van der Waals surface area contributed by atoms with E-state index in [0.717, 1.165) is 24.9 Å². The monoisotopic (exact) mass is 178 g/mol. The molecule has 70 valence electrons. The van der Waals surface area contributed by atoms with Crippen LogP contribution in [-0.4, -0.2) is 30.6 Å². The van der Waals surface area contributed by atoms with Crippen LogP contribution in [0.5, 0.6) is 0 Å². The number of carbonyl (C=O) groups is 1. The Kier molecular flexibility index (Phi) is 3.96. The van der Waals surface area contributed by atoms with Crippen LogP contribution in [-0.2, 0) is 4.79 Å². The van der Waals surface area contributed by atoms with E-state index in [1.54, 1.807) is 11.1 Å². The highest BCUT2D eigenvalue weighted by molar-refractivity contribution is 5.62. The molecule has 0 unspecified atom stereocenters. The highest BCUT2D eigenvalue weighted by Gasteiger charge is 2.00. The maximum absolute atomic E-state index is 10.5. The number of hydrogen-bond donors (Lipinski definition) is 0. The van der Waals surface area contributed by atoms with Crippen molar-refractivity contribution in [3.63, 3.8) is 0 Å². The van der Waals surface area contributed by atoms with Crippen molar-refractivity contribution < 1.29 is 4.79 Å². The van der Waals surface area contributed by atoms with Gasteiger partial charge in [-0.3, -0.25) is 9.79 Å². The zero-order valence-electron chi connectivity index (χ0n) is 7.81. The summed E-state index contributed by atoms with van der Waals surface area (Å²) in [6.07, 6.45) is 9.35. The number of rotatable bonds is 4. The molecule has 0 spiro atoms. The number of hydrogen-bond acceptors (Lipinski definition) is 2. The third-order valence-electron chi connectivity index (χ3n) is 1.91. The molecule has 3 heteroatoms. The summed E-state index contributed by atoms with van der Waals surface area (Å²) in [6, 6.07) is 0. The Balaban J connectivity index is 2.52. The number of amides is 1. The second-order valence-electron chi connectivity index (χ2n) is 2.83. The summed E-state index contributed by atoms with van der Waals surface area (Å²) < 4.78 is 0. The zero-order chi connectivity index (χ0) is 9.52. The molecule has 0 aromatic rings. The van der Waals surface area contributed by atoms with Crippen molar-refractivity contribution >= 4 is 12.6 Å². The van der Waals surface area contributed by atoms with Gasteiger partial charge in [0.2, 0.25) is 6.41 Å². The predicted octanol–water partition coefficient (Wildman–Crippen LogP) is 1.38. The number of aliphatic imine (C=N–C) groups is 1. The van der Waals surface area contributed by atoms with Crippen LogP contribution in [0.2, 0.25) is 0 Å². The van der Waals surface area contributed by atoms with Gasteiger partial charge in [-0.05, 0) is 18.6 Å². The SMILES string of the molecule is CCN(C=O)CC1=CCC=NC=C1. The second kappa shape index (κ2) is 5.30. The molecule has 0 aromatic carbocycles. The summed E-state index contributed by atoms with van der Waals surface area (Å²) in [4.78, 5) is 16.3. The van der Waals surface area contributed by atoms with Crippen LogP contribution in [0.1, 0.15) is 13.3 Å². The Bertz CT molecular complexity index is 254. The normalized spacial score (nSPS) is 15.0. The predicted molar refractivity (Wildman–Crippen MR) is 53.6 cm³/mol. The molecule has 0 atom stereocenters. The lowest BCUT2D eigenvalue weighted by Crippen LogP contribution is -2.23. The van der Waals surface area contributed by atoms with Crippen molar-refractivity contribution in [1.29, 1.82) is 0 Å². The second-order valence-corrected chi connectivity index (χ2v) is 2.83. The summed E-state index contributed by atoms with van der Waals surface area (Å²) in [5, 5.41) is 0. The molecular formula is C10H14N2O. The largest absolute Gasteiger partial charge is 0.341 e. The third kappa shape index (κ3) is 3.23. The molecule has 0 radical (unpaired) electrons. The molecule has 1 aliphatic heterocycles. The van der Waals surface area contributed by atoms with Crippen LogP contribution in [0.4, 0.5) is 0 Å². The van der Waals surface area contributed by atoms with E-state index in [1.165, 1.54) is 0 Å². The first-order valence-corrected chi connectivity index (χ1v) is 4.43. The van der Waals surface area contributed by atoms with E-state index in [-0.39, 0.29) is 0 Å². The van der Waals surface area contributed by atoms with E-state index in [0.29, 0.717) is 6.54 Å². The van der Waals surface area contributed by atoms with Gasteiger partial charge >= 0.3 is 0 Å². The molecule has 0 aromatic heterocycles. The number of allylic oxidation sites excluding steroid dienone is 1. The van der Waals surface area contributed by atoms with Crippen molar-refractivity contribution in [1.82, 2.24) is 4.90 Å². The van der Waals surface area contributed by atoms with Gasteiger partial charge in [-0.2, -0.15) is 0 Å². The van der Waals surface area contributed by atoms with E-state index in [4.69, 9.17) is 0 Å². The molecule has 0 N–H and O–H groups in total. The van der Waals surface area contributed by atoms with Gasteiger partial charge in [-0.15, -0.1) is 0 Å². The van der Waals surface area contributed by atoms with Gasteiger partial charge in [-0.25, -0.2) is 0 Å². The molecule has 1 aliphatic rings. The van der Waals surface area contributed by atoms with E-state index in [2.05, 4.69) is 11.1 Å². The zero-order valence-corrected chi connectivity index (χ0v) is 7.81. The quantitative estimate of drug-likeness (QED) is 0.598. The van der Waals surface area contributed by atoms with Gasteiger partial charge in [0, 0.05) is 31.9 Å². The molecule has 0 saturated heterocycles. The smallest absolute Gasteiger partial charge is 0.209 e. The first-order valence-electron chi connectivity index (χ1n) is 4.43. The molecule has 0 aliphatic carbocycles. The number of nitrogens with zero attached hydrogens (tertiary/aromatic N) is 2. The van der Waals surface area contributed by atoms with Crippen molar-refractivity contribution in [3.05, 3.63) is 23.9 Å². The fourth-order valence-corrected chi connectivity index (χ4v) is 1.11. The van der Waals surface area contributed by atoms with Gasteiger partial charge in [0.25, 0.3) is 0 Å². The lowest BCUT2D eigenvalue weighted by atomic mass is 10.2. The third-order valence-corrected chi connectivity index (χ3v) is 1.91. The number of likely N-dealkylation sites (N-methyl/N-ethyl adjacent to an activating group) is 1. The Morgan fingerprint density at radius 3 is 3.23 bits per heavy atom. The Morgan fingerprint density at radius 2 is 2.54 bits per heavy atom. The molecule has 0 saturated carbocycles. The minimum Gasteiger partial charge on any atom is -0.341 e. The molecule has 13 heavy (non-hydrogen) atoms. The summed E-state index contributed by atoms with van der Waals surface area (Å²) in [5.41, 5.74) is 1.14. The van der Waals surface area contributed by atoms with Crippen molar-refractivity contribution in [2.45, 2.75) is 13.3 Å². The maximum atomic E-state index is 10.5. The first kappa shape index (κ1) is 9.71. The minimum absolute atomic E-state index is 0.680. The van der Waals surface area contributed by atoms with Gasteiger partial charge in [-0.1, -0.05) is 6.08 Å². The topological polar surface area (TPSA) is 32.7 Å². The lowest BCUT2D eigenvalue weighted by molar-refractivity contribution is -0.117.